The summed E-state index contributed by atoms with van der Waals surface area (Å²) in [6.45, 7) is 0. The van der Waals surface area contributed by atoms with E-state index in [2.05, 4.69) is 63.6 Å². The van der Waals surface area contributed by atoms with Crippen molar-refractivity contribution in [2.45, 2.75) is 0 Å². The molecule has 2 aromatic rings. The SMILES string of the molecule is BrBr.COC(=O)c1nc(Br)ccc1N.COC(=O)c1ncccc1N. The smallest absolute Gasteiger partial charge is 0.358 e. The van der Waals surface area contributed by atoms with Gasteiger partial charge in [0.15, 0.2) is 11.4 Å². The Morgan fingerprint density at radius 1 is 0.960 bits per heavy atom. The van der Waals surface area contributed by atoms with Crippen LogP contribution in [0, 0.1) is 0 Å². The van der Waals surface area contributed by atoms with E-state index in [1.54, 1.807) is 24.3 Å². The van der Waals surface area contributed by atoms with E-state index < -0.39 is 11.9 Å². The number of hydrogen-bond donors (Lipinski definition) is 2. The lowest BCUT2D eigenvalue weighted by Gasteiger charge is -2.01. The van der Waals surface area contributed by atoms with E-state index in [0.717, 1.165) is 0 Å². The third-order valence-electron chi connectivity index (χ3n) is 2.49. The summed E-state index contributed by atoms with van der Waals surface area (Å²) < 4.78 is 9.46. The van der Waals surface area contributed by atoms with Gasteiger partial charge < -0.3 is 20.9 Å². The molecule has 136 valence electrons. The van der Waals surface area contributed by atoms with Crippen LogP contribution in [-0.2, 0) is 9.47 Å². The zero-order chi connectivity index (χ0) is 19.4. The fourth-order valence-electron chi connectivity index (χ4n) is 1.39. The molecule has 0 unspecified atom stereocenters. The predicted octanol–water partition coefficient (Wildman–Crippen LogP) is 3.35. The number of carbonyl (C=O) groups is 2. The number of methoxy groups -OCH3 is 2. The second kappa shape index (κ2) is 12.6. The van der Waals surface area contributed by atoms with Crippen LogP contribution in [0.25, 0.3) is 0 Å². The van der Waals surface area contributed by atoms with Gasteiger partial charge in [0.05, 0.1) is 25.6 Å². The molecule has 0 aromatic carbocycles. The number of aromatic nitrogens is 2. The summed E-state index contributed by atoms with van der Waals surface area (Å²) in [7, 11) is 2.57. The van der Waals surface area contributed by atoms with Crippen LogP contribution in [0.1, 0.15) is 21.0 Å². The van der Waals surface area contributed by atoms with E-state index in [1.807, 2.05) is 0 Å². The molecular weight excluding hydrogens is 528 g/mol. The van der Waals surface area contributed by atoms with Crippen molar-refractivity contribution in [3.8, 4) is 0 Å². The Morgan fingerprint density at radius 3 is 2.00 bits per heavy atom. The van der Waals surface area contributed by atoms with E-state index in [0.29, 0.717) is 16.0 Å². The normalized spacial score (nSPS) is 8.84. The molecule has 0 aliphatic rings. The molecule has 0 saturated heterocycles. The minimum absolute atomic E-state index is 0.131. The van der Waals surface area contributed by atoms with E-state index in [9.17, 15) is 9.59 Å². The summed E-state index contributed by atoms with van der Waals surface area (Å²) >= 11 is 8.62. The molecule has 0 aliphatic carbocycles. The lowest BCUT2D eigenvalue weighted by Crippen LogP contribution is -2.08. The van der Waals surface area contributed by atoms with E-state index >= 15 is 0 Å². The molecule has 0 bridgehead atoms. The van der Waals surface area contributed by atoms with E-state index in [-0.39, 0.29) is 11.4 Å². The largest absolute Gasteiger partial charge is 0.464 e. The lowest BCUT2D eigenvalue weighted by molar-refractivity contribution is 0.0586. The first-order valence-corrected chi connectivity index (χ1v) is 10.8. The number of carbonyl (C=O) groups excluding carboxylic acids is 2. The first-order valence-electron chi connectivity index (χ1n) is 6.34. The maximum atomic E-state index is 11.0. The third-order valence-corrected chi connectivity index (χ3v) is 2.93. The lowest BCUT2D eigenvalue weighted by atomic mass is 10.3. The number of anilines is 2. The Morgan fingerprint density at radius 2 is 1.48 bits per heavy atom. The fourth-order valence-corrected chi connectivity index (χ4v) is 1.70. The van der Waals surface area contributed by atoms with Crippen LogP contribution < -0.4 is 11.5 Å². The van der Waals surface area contributed by atoms with Crippen molar-refractivity contribution in [2.24, 2.45) is 0 Å². The summed E-state index contributed by atoms with van der Waals surface area (Å²) in [4.78, 5) is 29.5. The predicted molar refractivity (Wildman–Crippen MR) is 106 cm³/mol. The number of halogens is 3. The number of hydrogen-bond acceptors (Lipinski definition) is 8. The zero-order valence-electron chi connectivity index (χ0n) is 13.2. The number of ether oxygens (including phenoxy) is 2. The molecule has 4 N–H and O–H groups in total. The van der Waals surface area contributed by atoms with Gasteiger partial charge in [-0.3, -0.25) is 0 Å². The highest BCUT2D eigenvalue weighted by Gasteiger charge is 2.11. The van der Waals surface area contributed by atoms with Gasteiger partial charge in [-0.15, -0.1) is 0 Å². The van der Waals surface area contributed by atoms with Gasteiger partial charge in [-0.05, 0) is 40.2 Å². The summed E-state index contributed by atoms with van der Waals surface area (Å²) in [5.41, 5.74) is 11.9. The highest BCUT2D eigenvalue weighted by atomic mass is 80.9. The van der Waals surface area contributed by atoms with E-state index in [4.69, 9.17) is 11.5 Å². The monoisotopic (exact) mass is 540 g/mol. The highest BCUT2D eigenvalue weighted by molar-refractivity contribution is 9.93. The second-order valence-corrected chi connectivity index (χ2v) is 4.81. The van der Waals surface area contributed by atoms with Crippen LogP contribution in [0.4, 0.5) is 11.4 Å². The van der Waals surface area contributed by atoms with Gasteiger partial charge >= 0.3 is 11.9 Å². The fraction of sp³-hybridized carbons (Fsp3) is 0.143. The van der Waals surface area contributed by atoms with Crippen molar-refractivity contribution in [3.63, 3.8) is 0 Å². The molecule has 2 aromatic heterocycles. The summed E-state index contributed by atoms with van der Waals surface area (Å²) in [6, 6.07) is 6.49. The number of nitrogens with zero attached hydrogens (tertiary/aromatic N) is 2. The van der Waals surface area contributed by atoms with Gasteiger partial charge in [-0.2, -0.15) is 0 Å². The van der Waals surface area contributed by atoms with Gasteiger partial charge in [0.1, 0.15) is 4.60 Å². The Bertz CT molecular complexity index is 716. The molecule has 0 spiro atoms. The Hall–Kier alpha value is -1.72. The molecule has 2 heterocycles. The van der Waals surface area contributed by atoms with Crippen molar-refractivity contribution in [1.82, 2.24) is 9.97 Å². The topological polar surface area (TPSA) is 130 Å². The van der Waals surface area contributed by atoms with Gasteiger partial charge in [0.25, 0.3) is 0 Å². The Kier molecular flexibility index (Phi) is 11.7. The molecule has 8 nitrogen and oxygen atoms in total. The molecule has 0 radical (unpaired) electrons. The van der Waals surface area contributed by atoms with Crippen LogP contribution in [-0.4, -0.2) is 36.1 Å². The highest BCUT2D eigenvalue weighted by Crippen LogP contribution is 2.14. The van der Waals surface area contributed by atoms with Gasteiger partial charge in [-0.25, -0.2) is 19.6 Å². The van der Waals surface area contributed by atoms with Crippen LogP contribution in [0.3, 0.4) is 0 Å². The van der Waals surface area contributed by atoms with E-state index in [1.165, 1.54) is 20.4 Å². The van der Waals surface area contributed by atoms with Gasteiger partial charge in [0, 0.05) is 34.5 Å². The van der Waals surface area contributed by atoms with Crippen molar-refractivity contribution in [3.05, 3.63) is 46.5 Å². The molecule has 0 atom stereocenters. The van der Waals surface area contributed by atoms with Gasteiger partial charge in [-0.1, -0.05) is 0 Å². The molecule has 25 heavy (non-hydrogen) atoms. The van der Waals surface area contributed by atoms with Crippen LogP contribution in [0.15, 0.2) is 35.1 Å². The number of rotatable bonds is 2. The molecule has 0 fully saturated rings. The van der Waals surface area contributed by atoms with Crippen molar-refractivity contribution in [2.75, 3.05) is 25.7 Å². The zero-order valence-corrected chi connectivity index (χ0v) is 18.0. The summed E-state index contributed by atoms with van der Waals surface area (Å²) in [5, 5.41) is 0. The molecule has 11 heteroatoms. The first-order chi connectivity index (χ1) is 11.9. The van der Waals surface area contributed by atoms with Crippen LogP contribution in [0.5, 0.6) is 0 Å². The van der Waals surface area contributed by atoms with Crippen molar-refractivity contribution in [1.29, 1.82) is 0 Å². The standard InChI is InChI=1S/C7H7BrN2O2.C7H8N2O2.Br2/c1-12-7(11)6-4(9)2-3-5(8)10-6;1-11-7(10)6-5(8)3-2-4-9-6;1-2/h2-3H,9H2,1H3;2-4H,8H2,1H3;. The summed E-state index contributed by atoms with van der Waals surface area (Å²) in [5.74, 6) is -1.04. The Balaban J connectivity index is 0.000000421. The average Bonchev–Trinajstić information content (AvgIpc) is 2.65. The molecule has 0 amide bonds. The maximum Gasteiger partial charge on any atom is 0.358 e. The molecule has 0 aliphatic heterocycles. The second-order valence-electron chi connectivity index (χ2n) is 4.00. The third kappa shape index (κ3) is 7.80. The van der Waals surface area contributed by atoms with Crippen LogP contribution in [0.2, 0.25) is 0 Å². The number of esters is 2. The first kappa shape index (κ1) is 23.3. The van der Waals surface area contributed by atoms with Gasteiger partial charge in [0.2, 0.25) is 0 Å². The minimum Gasteiger partial charge on any atom is -0.464 e. The Labute approximate surface area is 168 Å². The molecule has 0 saturated carbocycles. The summed E-state index contributed by atoms with van der Waals surface area (Å²) in [6.07, 6.45) is 1.49. The molecule has 2 rings (SSSR count). The average molecular weight is 543 g/mol. The minimum atomic E-state index is -0.534. The number of nitrogen functional groups attached to an aromatic ring is 2. The van der Waals surface area contributed by atoms with Crippen molar-refractivity contribution >= 4 is 67.5 Å². The maximum absolute atomic E-state index is 11.0. The van der Waals surface area contributed by atoms with Crippen molar-refractivity contribution < 1.29 is 19.1 Å². The quantitative estimate of drug-likeness (QED) is 0.436. The number of pyridine rings is 2. The van der Waals surface area contributed by atoms with Crippen LogP contribution >= 0.6 is 44.2 Å². The number of nitrogens with two attached hydrogens (primary N) is 2. The molecular formula is C14H15Br3N4O4.